The van der Waals surface area contributed by atoms with E-state index in [2.05, 4.69) is 29.4 Å². The summed E-state index contributed by atoms with van der Waals surface area (Å²) in [7, 11) is 2.88. The summed E-state index contributed by atoms with van der Waals surface area (Å²) in [6.07, 6.45) is -0.362. The lowest BCUT2D eigenvalue weighted by atomic mass is 10.2. The summed E-state index contributed by atoms with van der Waals surface area (Å²) in [5.41, 5.74) is 0.619. The lowest BCUT2D eigenvalue weighted by Gasteiger charge is -2.18. The Morgan fingerprint density at radius 2 is 1.75 bits per heavy atom. The van der Waals surface area contributed by atoms with Crippen LogP contribution in [0.3, 0.4) is 0 Å². The van der Waals surface area contributed by atoms with E-state index in [9.17, 15) is 9.59 Å². The summed E-state index contributed by atoms with van der Waals surface area (Å²) >= 11 is 7.32. The minimum Gasteiger partial charge on any atom is -0.497 e. The molecule has 192 valence electrons. The number of thioether (sulfide) groups is 1. The number of anilines is 1. The molecule has 0 fully saturated rings. The molecule has 0 saturated carbocycles. The van der Waals surface area contributed by atoms with Crippen molar-refractivity contribution in [2.75, 3.05) is 25.3 Å². The first-order chi connectivity index (χ1) is 17.2. The number of methoxy groups -OCH3 is 2. The Kier molecular flexibility index (Phi) is 9.60. The van der Waals surface area contributed by atoms with Crippen LogP contribution in [0.5, 0.6) is 11.5 Å². The summed E-state index contributed by atoms with van der Waals surface area (Å²) in [5, 5.41) is 12.3. The van der Waals surface area contributed by atoms with Gasteiger partial charge in [-0.15, -0.1) is 10.2 Å². The van der Waals surface area contributed by atoms with Gasteiger partial charge in [0.15, 0.2) is 17.1 Å². The lowest BCUT2D eigenvalue weighted by Crippen LogP contribution is -2.17. The summed E-state index contributed by atoms with van der Waals surface area (Å²) < 4.78 is 18.0. The average molecular weight is 533 g/mol. The fourth-order valence-electron chi connectivity index (χ4n) is 3.35. The number of hydrogen-bond donors (Lipinski definition) is 1. The predicted octanol–water partition coefficient (Wildman–Crippen LogP) is 5.25. The molecular formula is C25H29ClN4O5S. The summed E-state index contributed by atoms with van der Waals surface area (Å²) in [5.74, 6) is 1.68. The molecule has 0 bridgehead atoms. The highest BCUT2D eigenvalue weighted by molar-refractivity contribution is 7.99. The number of aromatic nitrogens is 3. The number of carbonyl (C=O) groups is 2. The molecule has 11 heteroatoms. The normalized spacial score (nSPS) is 11.8. The number of esters is 1. The van der Waals surface area contributed by atoms with E-state index in [1.54, 1.807) is 13.2 Å². The lowest BCUT2D eigenvalue weighted by molar-refractivity contribution is -0.113. The van der Waals surface area contributed by atoms with Gasteiger partial charge < -0.3 is 24.1 Å². The Labute approximate surface area is 219 Å². The molecule has 3 rings (SSSR count). The maximum Gasteiger partial charge on any atom is 0.339 e. The first-order valence-electron chi connectivity index (χ1n) is 11.3. The number of ether oxygens (including phenoxy) is 3. The number of halogens is 1. The number of amides is 1. The standard InChI is InChI=1S/C25H29ClN4O5S/c1-15(2)13-30-23(16(3)35-19-9-7-18(33-4)8-10-19)28-29-25(30)36-14-22(31)27-17-6-11-21(26)20(12-17)24(32)34-5/h6-12,15-16H,13-14H2,1-5H3,(H,27,31). The maximum atomic E-state index is 12.6. The van der Waals surface area contributed by atoms with Gasteiger partial charge in [0.2, 0.25) is 5.91 Å². The fraction of sp³-hybridized carbons (Fsp3) is 0.360. The van der Waals surface area contributed by atoms with E-state index in [0.29, 0.717) is 34.9 Å². The van der Waals surface area contributed by atoms with Crippen molar-refractivity contribution >= 4 is 40.9 Å². The third kappa shape index (κ3) is 7.14. The van der Waals surface area contributed by atoms with Gasteiger partial charge in [0, 0.05) is 12.2 Å². The van der Waals surface area contributed by atoms with Crippen LogP contribution in [0.1, 0.15) is 43.1 Å². The Bertz CT molecular complexity index is 1200. The van der Waals surface area contributed by atoms with Crippen LogP contribution < -0.4 is 14.8 Å². The van der Waals surface area contributed by atoms with E-state index in [0.717, 1.165) is 5.75 Å². The van der Waals surface area contributed by atoms with E-state index in [4.69, 9.17) is 25.8 Å². The van der Waals surface area contributed by atoms with Gasteiger partial charge in [-0.25, -0.2) is 4.79 Å². The highest BCUT2D eigenvalue weighted by Gasteiger charge is 2.21. The van der Waals surface area contributed by atoms with Gasteiger partial charge in [-0.2, -0.15) is 0 Å². The van der Waals surface area contributed by atoms with Gasteiger partial charge >= 0.3 is 5.97 Å². The molecule has 0 aliphatic rings. The summed E-state index contributed by atoms with van der Waals surface area (Å²) in [4.78, 5) is 24.5. The molecule has 0 saturated heterocycles. The largest absolute Gasteiger partial charge is 0.497 e. The third-order valence-corrected chi connectivity index (χ3v) is 6.31. The smallest absolute Gasteiger partial charge is 0.339 e. The first-order valence-corrected chi connectivity index (χ1v) is 12.6. The molecule has 0 spiro atoms. The number of benzene rings is 2. The molecule has 0 radical (unpaired) electrons. The van der Waals surface area contributed by atoms with Crippen LogP contribution in [-0.2, 0) is 16.1 Å². The second-order valence-electron chi connectivity index (χ2n) is 8.30. The van der Waals surface area contributed by atoms with Crippen molar-refractivity contribution in [2.45, 2.75) is 38.6 Å². The van der Waals surface area contributed by atoms with Crippen molar-refractivity contribution < 1.29 is 23.8 Å². The van der Waals surface area contributed by atoms with Crippen LogP contribution in [0.2, 0.25) is 5.02 Å². The number of hydrogen-bond acceptors (Lipinski definition) is 8. The van der Waals surface area contributed by atoms with Gasteiger partial charge in [-0.05, 0) is 55.3 Å². The monoisotopic (exact) mass is 532 g/mol. The van der Waals surface area contributed by atoms with Gasteiger partial charge in [-0.1, -0.05) is 37.2 Å². The van der Waals surface area contributed by atoms with Crippen molar-refractivity contribution in [1.82, 2.24) is 14.8 Å². The van der Waals surface area contributed by atoms with Crippen LogP contribution in [0.15, 0.2) is 47.6 Å². The van der Waals surface area contributed by atoms with Gasteiger partial charge in [0.1, 0.15) is 11.5 Å². The fourth-order valence-corrected chi connectivity index (χ4v) is 4.30. The minimum absolute atomic E-state index is 0.0974. The predicted molar refractivity (Wildman–Crippen MR) is 139 cm³/mol. The SMILES string of the molecule is COC(=O)c1cc(NC(=O)CSc2nnc(C(C)Oc3ccc(OC)cc3)n2CC(C)C)ccc1Cl. The van der Waals surface area contributed by atoms with E-state index in [1.165, 1.54) is 31.0 Å². The van der Waals surface area contributed by atoms with E-state index >= 15 is 0 Å². The Morgan fingerprint density at radius 3 is 2.39 bits per heavy atom. The van der Waals surface area contributed by atoms with Crippen molar-refractivity contribution in [3.63, 3.8) is 0 Å². The van der Waals surface area contributed by atoms with Crippen LogP contribution in [-0.4, -0.2) is 46.6 Å². The number of nitrogens with one attached hydrogen (secondary N) is 1. The van der Waals surface area contributed by atoms with Gasteiger partial charge in [0.25, 0.3) is 0 Å². The quantitative estimate of drug-likeness (QED) is 0.263. The van der Waals surface area contributed by atoms with E-state index in [-0.39, 0.29) is 28.4 Å². The first kappa shape index (κ1) is 27.3. The molecule has 0 aliphatic heterocycles. The van der Waals surface area contributed by atoms with E-state index < -0.39 is 5.97 Å². The minimum atomic E-state index is -0.578. The second kappa shape index (κ2) is 12.6. The molecule has 2 aromatic carbocycles. The number of carbonyl (C=O) groups excluding carboxylic acids is 2. The van der Waals surface area contributed by atoms with Crippen LogP contribution >= 0.6 is 23.4 Å². The average Bonchev–Trinajstić information content (AvgIpc) is 3.25. The molecule has 1 heterocycles. The van der Waals surface area contributed by atoms with Gasteiger partial charge in [0.05, 0.1) is 30.6 Å². The maximum absolute atomic E-state index is 12.6. The molecule has 1 atom stereocenters. The zero-order valence-corrected chi connectivity index (χ0v) is 22.4. The van der Waals surface area contributed by atoms with Crippen LogP contribution in [0, 0.1) is 5.92 Å². The Hall–Kier alpha value is -3.24. The van der Waals surface area contributed by atoms with Crippen molar-refractivity contribution in [3.05, 3.63) is 58.9 Å². The van der Waals surface area contributed by atoms with Crippen molar-refractivity contribution in [2.24, 2.45) is 5.92 Å². The zero-order chi connectivity index (χ0) is 26.2. The molecule has 1 unspecified atom stereocenters. The Morgan fingerprint density at radius 1 is 1.06 bits per heavy atom. The molecule has 36 heavy (non-hydrogen) atoms. The second-order valence-corrected chi connectivity index (χ2v) is 9.65. The van der Waals surface area contributed by atoms with Crippen LogP contribution in [0.4, 0.5) is 5.69 Å². The topological polar surface area (TPSA) is 105 Å². The zero-order valence-electron chi connectivity index (χ0n) is 20.8. The van der Waals surface area contributed by atoms with E-state index in [1.807, 2.05) is 35.8 Å². The van der Waals surface area contributed by atoms with Crippen LogP contribution in [0.25, 0.3) is 0 Å². The van der Waals surface area contributed by atoms with Crippen molar-refractivity contribution in [3.8, 4) is 11.5 Å². The molecule has 1 N–H and O–H groups in total. The molecule has 1 aromatic heterocycles. The number of nitrogens with zero attached hydrogens (tertiary/aromatic N) is 3. The molecule has 9 nitrogen and oxygen atoms in total. The highest BCUT2D eigenvalue weighted by Crippen LogP contribution is 2.27. The summed E-state index contributed by atoms with van der Waals surface area (Å²) in [6, 6.07) is 12.0. The summed E-state index contributed by atoms with van der Waals surface area (Å²) in [6.45, 7) is 6.77. The molecule has 0 aliphatic carbocycles. The number of rotatable bonds is 11. The van der Waals surface area contributed by atoms with Crippen molar-refractivity contribution in [1.29, 1.82) is 0 Å². The molecule has 3 aromatic rings. The third-order valence-electron chi connectivity index (χ3n) is 5.02. The molecular weight excluding hydrogens is 504 g/mol. The van der Waals surface area contributed by atoms with Gasteiger partial charge in [-0.3, -0.25) is 4.79 Å². The Balaban J connectivity index is 1.69. The highest BCUT2D eigenvalue weighted by atomic mass is 35.5. The molecule has 1 amide bonds.